The molecule has 3 heterocycles. The Hall–Kier alpha value is -3.63. The standard InChI is InChI=1S/C23H19N5O3S2/c1-3-11-28-21(17-12-14-7-6-9-16(30-2)20(14)31-17)26-27-23(28)32-13-19(29)25-22-24-15-8-4-5-10-18(15)33-22/h3-10,12H,1,11,13H2,2H3,(H,24,25,29). The number of rotatable bonds is 8. The first-order valence-electron chi connectivity index (χ1n) is 10.1. The van der Waals surface area contributed by atoms with E-state index < -0.39 is 0 Å². The van der Waals surface area contributed by atoms with Crippen molar-refractivity contribution in [2.75, 3.05) is 18.2 Å². The van der Waals surface area contributed by atoms with Gasteiger partial charge in [0, 0.05) is 11.9 Å². The number of thiazole rings is 1. The highest BCUT2D eigenvalue weighted by molar-refractivity contribution is 7.99. The third-order valence-corrected chi connectivity index (χ3v) is 6.77. The van der Waals surface area contributed by atoms with Gasteiger partial charge < -0.3 is 14.5 Å². The van der Waals surface area contributed by atoms with Crippen LogP contribution in [0.2, 0.25) is 0 Å². The van der Waals surface area contributed by atoms with E-state index in [-0.39, 0.29) is 11.7 Å². The minimum absolute atomic E-state index is 0.165. The van der Waals surface area contributed by atoms with Gasteiger partial charge in [0.15, 0.2) is 27.4 Å². The minimum atomic E-state index is -0.165. The number of benzene rings is 2. The zero-order valence-electron chi connectivity index (χ0n) is 17.6. The van der Waals surface area contributed by atoms with Crippen LogP contribution in [0.1, 0.15) is 0 Å². The summed E-state index contributed by atoms with van der Waals surface area (Å²) in [7, 11) is 1.60. The number of nitrogens with zero attached hydrogens (tertiary/aromatic N) is 4. The van der Waals surface area contributed by atoms with Gasteiger partial charge in [-0.3, -0.25) is 9.36 Å². The Morgan fingerprint density at radius 3 is 2.97 bits per heavy atom. The van der Waals surface area contributed by atoms with Crippen molar-refractivity contribution >= 4 is 55.3 Å². The lowest BCUT2D eigenvalue weighted by atomic mass is 10.2. The highest BCUT2D eigenvalue weighted by atomic mass is 32.2. The lowest BCUT2D eigenvalue weighted by molar-refractivity contribution is -0.113. The summed E-state index contributed by atoms with van der Waals surface area (Å²) in [6.07, 6.45) is 1.75. The van der Waals surface area contributed by atoms with E-state index in [2.05, 4.69) is 27.1 Å². The summed E-state index contributed by atoms with van der Waals surface area (Å²) < 4.78 is 14.3. The number of anilines is 1. The molecule has 0 fully saturated rings. The molecule has 0 saturated carbocycles. The molecule has 0 aliphatic heterocycles. The zero-order chi connectivity index (χ0) is 22.8. The number of allylic oxidation sites excluding steroid dienone is 1. The molecule has 5 rings (SSSR count). The minimum Gasteiger partial charge on any atom is -0.493 e. The van der Waals surface area contributed by atoms with Crippen molar-refractivity contribution in [3.63, 3.8) is 0 Å². The number of ether oxygens (including phenoxy) is 1. The van der Waals surface area contributed by atoms with Gasteiger partial charge in [0.25, 0.3) is 0 Å². The Bertz CT molecular complexity index is 1440. The molecule has 0 bridgehead atoms. The van der Waals surface area contributed by atoms with E-state index in [1.54, 1.807) is 13.2 Å². The fourth-order valence-electron chi connectivity index (χ4n) is 3.39. The maximum Gasteiger partial charge on any atom is 0.236 e. The number of carbonyl (C=O) groups excluding carboxylic acids is 1. The summed E-state index contributed by atoms with van der Waals surface area (Å²) in [5, 5.41) is 13.5. The first kappa shape index (κ1) is 21.2. The molecule has 0 aliphatic carbocycles. The third kappa shape index (κ3) is 4.22. The predicted molar refractivity (Wildman–Crippen MR) is 131 cm³/mol. The molecule has 10 heteroatoms. The molecule has 0 spiro atoms. The quantitative estimate of drug-likeness (QED) is 0.242. The smallest absolute Gasteiger partial charge is 0.236 e. The van der Waals surface area contributed by atoms with Gasteiger partial charge in [-0.25, -0.2) is 4.98 Å². The summed E-state index contributed by atoms with van der Waals surface area (Å²) in [4.78, 5) is 17.0. The Labute approximate surface area is 197 Å². The summed E-state index contributed by atoms with van der Waals surface area (Å²) in [6.45, 7) is 4.30. The van der Waals surface area contributed by atoms with Gasteiger partial charge in [-0.1, -0.05) is 53.4 Å². The van der Waals surface area contributed by atoms with E-state index in [0.717, 1.165) is 15.6 Å². The molecular formula is C23H19N5O3S2. The first-order chi connectivity index (χ1) is 16.2. The number of para-hydroxylation sites is 2. The normalized spacial score (nSPS) is 11.2. The average molecular weight is 478 g/mol. The number of amides is 1. The van der Waals surface area contributed by atoms with Gasteiger partial charge in [0.2, 0.25) is 11.7 Å². The molecule has 0 radical (unpaired) electrons. The first-order valence-corrected chi connectivity index (χ1v) is 11.9. The topological polar surface area (TPSA) is 95.1 Å². The molecule has 3 aromatic heterocycles. The van der Waals surface area contributed by atoms with Crippen LogP contribution in [-0.4, -0.2) is 38.5 Å². The van der Waals surface area contributed by atoms with Gasteiger partial charge >= 0.3 is 0 Å². The molecule has 5 aromatic rings. The van der Waals surface area contributed by atoms with Gasteiger partial charge in [0.1, 0.15) is 0 Å². The molecule has 1 N–H and O–H groups in total. The van der Waals surface area contributed by atoms with Crippen LogP contribution in [0.4, 0.5) is 5.13 Å². The lowest BCUT2D eigenvalue weighted by Gasteiger charge is -2.06. The Morgan fingerprint density at radius 1 is 1.27 bits per heavy atom. The number of fused-ring (bicyclic) bond motifs is 2. The van der Waals surface area contributed by atoms with Crippen LogP contribution in [0.5, 0.6) is 5.75 Å². The number of thioether (sulfide) groups is 1. The van der Waals surface area contributed by atoms with Crippen LogP contribution in [0.3, 0.4) is 0 Å². The number of methoxy groups -OCH3 is 1. The average Bonchev–Trinajstić information content (AvgIpc) is 3.53. The number of furan rings is 1. The van der Waals surface area contributed by atoms with E-state index in [4.69, 9.17) is 9.15 Å². The number of carbonyl (C=O) groups is 1. The van der Waals surface area contributed by atoms with Crippen LogP contribution < -0.4 is 10.1 Å². The summed E-state index contributed by atoms with van der Waals surface area (Å²) >= 11 is 2.73. The van der Waals surface area contributed by atoms with E-state index in [1.165, 1.54) is 23.1 Å². The zero-order valence-corrected chi connectivity index (χ0v) is 19.3. The highest BCUT2D eigenvalue weighted by Crippen LogP contribution is 2.34. The number of nitrogens with one attached hydrogen (secondary N) is 1. The molecule has 33 heavy (non-hydrogen) atoms. The lowest BCUT2D eigenvalue weighted by Crippen LogP contribution is -2.14. The van der Waals surface area contributed by atoms with Crippen molar-refractivity contribution in [2.45, 2.75) is 11.7 Å². The van der Waals surface area contributed by atoms with Crippen LogP contribution in [0, 0.1) is 0 Å². The molecule has 8 nitrogen and oxygen atoms in total. The van der Waals surface area contributed by atoms with Crippen molar-refractivity contribution in [1.29, 1.82) is 0 Å². The van der Waals surface area contributed by atoms with Crippen molar-refractivity contribution in [3.05, 3.63) is 61.2 Å². The molecular weight excluding hydrogens is 458 g/mol. The Kier molecular flexibility index (Phi) is 5.84. The molecule has 166 valence electrons. The second kappa shape index (κ2) is 9.08. The third-order valence-electron chi connectivity index (χ3n) is 4.85. The van der Waals surface area contributed by atoms with E-state index in [1.807, 2.05) is 53.1 Å². The molecule has 0 aliphatic rings. The van der Waals surface area contributed by atoms with Crippen molar-refractivity contribution in [1.82, 2.24) is 19.7 Å². The number of aromatic nitrogens is 4. The molecule has 0 unspecified atom stereocenters. The molecule has 0 saturated heterocycles. The van der Waals surface area contributed by atoms with Gasteiger partial charge in [-0.05, 0) is 24.3 Å². The molecule has 2 aromatic carbocycles. The van der Waals surface area contributed by atoms with Gasteiger partial charge in [-0.15, -0.1) is 16.8 Å². The van der Waals surface area contributed by atoms with E-state index in [0.29, 0.717) is 39.7 Å². The van der Waals surface area contributed by atoms with Crippen LogP contribution >= 0.6 is 23.1 Å². The van der Waals surface area contributed by atoms with Crippen molar-refractivity contribution < 1.29 is 13.9 Å². The van der Waals surface area contributed by atoms with Crippen LogP contribution in [0.25, 0.3) is 32.8 Å². The van der Waals surface area contributed by atoms with Crippen molar-refractivity contribution in [3.8, 4) is 17.3 Å². The highest BCUT2D eigenvalue weighted by Gasteiger charge is 2.19. The number of hydrogen-bond donors (Lipinski definition) is 1. The summed E-state index contributed by atoms with van der Waals surface area (Å²) in [5.41, 5.74) is 1.51. The second-order valence-corrected chi connectivity index (χ2v) is 8.99. The van der Waals surface area contributed by atoms with Gasteiger partial charge in [0.05, 0.1) is 23.1 Å². The Balaban J connectivity index is 1.35. The molecule has 1 amide bonds. The maximum atomic E-state index is 12.5. The Morgan fingerprint density at radius 2 is 2.15 bits per heavy atom. The second-order valence-electron chi connectivity index (χ2n) is 7.02. The largest absolute Gasteiger partial charge is 0.493 e. The fraction of sp³-hybridized carbons (Fsp3) is 0.130. The maximum absolute atomic E-state index is 12.5. The van der Waals surface area contributed by atoms with Gasteiger partial charge in [-0.2, -0.15) is 0 Å². The SMILES string of the molecule is C=CCn1c(SCC(=O)Nc2nc3ccccc3s2)nnc1-c1cc2cccc(OC)c2o1. The van der Waals surface area contributed by atoms with Crippen molar-refractivity contribution in [2.24, 2.45) is 0 Å². The summed E-state index contributed by atoms with van der Waals surface area (Å²) in [6, 6.07) is 15.4. The monoisotopic (exact) mass is 477 g/mol. The number of hydrogen-bond acceptors (Lipinski definition) is 8. The van der Waals surface area contributed by atoms with E-state index in [9.17, 15) is 4.79 Å². The van der Waals surface area contributed by atoms with E-state index >= 15 is 0 Å². The van der Waals surface area contributed by atoms with Crippen LogP contribution in [-0.2, 0) is 11.3 Å². The predicted octanol–water partition coefficient (Wildman–Crippen LogP) is 5.23. The molecule has 0 atom stereocenters. The fourth-order valence-corrected chi connectivity index (χ4v) is 5.02. The summed E-state index contributed by atoms with van der Waals surface area (Å²) in [5.74, 6) is 1.77. The van der Waals surface area contributed by atoms with Crippen LogP contribution in [0.15, 0.2) is 70.8 Å².